The summed E-state index contributed by atoms with van der Waals surface area (Å²) in [7, 11) is 2.85. The Balaban J connectivity index is 1.90. The molecule has 2 aliphatic rings. The van der Waals surface area contributed by atoms with Crippen LogP contribution in [0.2, 0.25) is 0 Å². The van der Waals surface area contributed by atoms with Crippen LogP contribution in [0.15, 0.2) is 0 Å². The predicted molar refractivity (Wildman–Crippen MR) is 59.4 cm³/mol. The van der Waals surface area contributed by atoms with Gasteiger partial charge in [-0.2, -0.15) is 0 Å². The second-order valence-electron chi connectivity index (χ2n) is 4.83. The van der Waals surface area contributed by atoms with E-state index in [1.807, 2.05) is 0 Å². The lowest BCUT2D eigenvalue weighted by molar-refractivity contribution is -0.0764. The summed E-state index contributed by atoms with van der Waals surface area (Å²) in [6, 6.07) is 0.0666. The second-order valence-corrected chi connectivity index (χ2v) is 4.83. The highest BCUT2D eigenvalue weighted by Crippen LogP contribution is 2.48. The van der Waals surface area contributed by atoms with Crippen molar-refractivity contribution in [3.05, 3.63) is 11.6 Å². The number of hydroxylamine groups is 2. The van der Waals surface area contributed by atoms with E-state index in [9.17, 15) is 9.18 Å². The number of fused-ring (bicyclic) bond motifs is 1. The quantitative estimate of drug-likeness (QED) is 0.762. The highest BCUT2D eigenvalue weighted by Gasteiger charge is 2.43. The van der Waals surface area contributed by atoms with Crippen molar-refractivity contribution in [1.29, 1.82) is 0 Å². The molecule has 1 aromatic rings. The molecule has 0 N–H and O–H groups in total. The van der Waals surface area contributed by atoms with Crippen molar-refractivity contribution < 1.29 is 14.0 Å². The van der Waals surface area contributed by atoms with Crippen LogP contribution in [0.5, 0.6) is 0 Å². The van der Waals surface area contributed by atoms with Gasteiger partial charge in [0.1, 0.15) is 0 Å². The van der Waals surface area contributed by atoms with E-state index in [2.05, 4.69) is 10.1 Å². The fraction of sp³-hybridized carbons (Fsp3) is 0.727. The maximum atomic E-state index is 13.8. The highest BCUT2D eigenvalue weighted by atomic mass is 19.1. The average Bonchev–Trinajstić information content (AvgIpc) is 3.03. The van der Waals surface area contributed by atoms with E-state index in [0.29, 0.717) is 12.3 Å². The molecule has 1 aliphatic carbocycles. The molecule has 7 heteroatoms. The maximum absolute atomic E-state index is 13.8. The SMILES string of the molecule is CON(C)C(=O)c1nc2n(n1)C(C1CC1)C[C@@H]2F. The number of amides is 1. The fourth-order valence-electron chi connectivity index (χ4n) is 2.40. The first-order chi connectivity index (χ1) is 8.61. The summed E-state index contributed by atoms with van der Waals surface area (Å²) in [5, 5.41) is 5.18. The zero-order chi connectivity index (χ0) is 12.9. The van der Waals surface area contributed by atoms with Gasteiger partial charge in [-0.1, -0.05) is 0 Å². The lowest BCUT2D eigenvalue weighted by Crippen LogP contribution is -2.27. The molecule has 0 saturated heterocycles. The van der Waals surface area contributed by atoms with E-state index in [1.165, 1.54) is 14.2 Å². The summed E-state index contributed by atoms with van der Waals surface area (Å²) in [4.78, 5) is 20.6. The molecule has 6 nitrogen and oxygen atoms in total. The van der Waals surface area contributed by atoms with Gasteiger partial charge in [0, 0.05) is 13.5 Å². The first kappa shape index (κ1) is 11.6. The van der Waals surface area contributed by atoms with Gasteiger partial charge in [-0.05, 0) is 18.8 Å². The second kappa shape index (κ2) is 4.01. The van der Waals surface area contributed by atoms with Gasteiger partial charge in [0.15, 0.2) is 12.0 Å². The van der Waals surface area contributed by atoms with Crippen molar-refractivity contribution in [3.63, 3.8) is 0 Å². The van der Waals surface area contributed by atoms with Gasteiger partial charge in [-0.3, -0.25) is 9.63 Å². The van der Waals surface area contributed by atoms with Crippen molar-refractivity contribution in [2.75, 3.05) is 14.2 Å². The van der Waals surface area contributed by atoms with Gasteiger partial charge in [-0.15, -0.1) is 5.10 Å². The van der Waals surface area contributed by atoms with Crippen LogP contribution in [0.3, 0.4) is 0 Å². The Morgan fingerprint density at radius 3 is 2.89 bits per heavy atom. The Labute approximate surface area is 104 Å². The largest absolute Gasteiger partial charge is 0.316 e. The highest BCUT2D eigenvalue weighted by molar-refractivity contribution is 5.89. The summed E-state index contributed by atoms with van der Waals surface area (Å²) in [6.45, 7) is 0. The smallest absolute Gasteiger partial charge is 0.274 e. The summed E-state index contributed by atoms with van der Waals surface area (Å²) in [5.41, 5.74) is 0. The van der Waals surface area contributed by atoms with E-state index >= 15 is 0 Å². The molecule has 0 spiro atoms. The van der Waals surface area contributed by atoms with Crippen molar-refractivity contribution in [1.82, 2.24) is 19.8 Å². The van der Waals surface area contributed by atoms with E-state index in [4.69, 9.17) is 4.84 Å². The van der Waals surface area contributed by atoms with Crippen LogP contribution >= 0.6 is 0 Å². The van der Waals surface area contributed by atoms with Crippen molar-refractivity contribution in [2.24, 2.45) is 5.92 Å². The van der Waals surface area contributed by atoms with Crippen molar-refractivity contribution >= 4 is 5.91 Å². The molecule has 1 saturated carbocycles. The third-order valence-corrected chi connectivity index (χ3v) is 3.62. The molecule has 0 radical (unpaired) electrons. The zero-order valence-corrected chi connectivity index (χ0v) is 10.3. The van der Waals surface area contributed by atoms with Crippen LogP contribution in [0.4, 0.5) is 4.39 Å². The summed E-state index contributed by atoms with van der Waals surface area (Å²) in [5.74, 6) is 0.317. The lowest BCUT2D eigenvalue weighted by Gasteiger charge is -2.11. The Hall–Kier alpha value is -1.50. The van der Waals surface area contributed by atoms with Gasteiger partial charge in [0.05, 0.1) is 13.2 Å². The van der Waals surface area contributed by atoms with Crippen LogP contribution in [0.25, 0.3) is 0 Å². The number of halogens is 1. The maximum Gasteiger partial charge on any atom is 0.316 e. The molecular formula is C11H15FN4O2. The standard InChI is InChI=1S/C11H15FN4O2/c1-15(18-2)11(17)9-13-10-7(12)5-8(6-3-4-6)16(10)14-9/h6-8H,3-5H2,1-2H3/t7-,8?/m0/s1. The zero-order valence-electron chi connectivity index (χ0n) is 10.3. The minimum atomic E-state index is -1.11. The Morgan fingerprint density at radius 2 is 2.28 bits per heavy atom. The molecule has 3 rings (SSSR count). The van der Waals surface area contributed by atoms with Gasteiger partial charge in [-0.25, -0.2) is 19.1 Å². The van der Waals surface area contributed by atoms with E-state index in [1.54, 1.807) is 4.68 Å². The molecule has 0 bridgehead atoms. The average molecular weight is 254 g/mol. The van der Waals surface area contributed by atoms with Crippen LogP contribution < -0.4 is 0 Å². The van der Waals surface area contributed by atoms with Gasteiger partial charge < -0.3 is 0 Å². The molecule has 2 atom stereocenters. The molecule has 18 heavy (non-hydrogen) atoms. The predicted octanol–water partition coefficient (Wildman–Crippen LogP) is 1.28. The molecule has 1 unspecified atom stereocenters. The Bertz CT molecular complexity index is 485. The molecule has 1 aliphatic heterocycles. The van der Waals surface area contributed by atoms with Gasteiger partial charge >= 0.3 is 5.91 Å². The number of carbonyl (C=O) groups excluding carboxylic acids is 1. The third kappa shape index (κ3) is 1.69. The topological polar surface area (TPSA) is 60.2 Å². The number of hydrogen-bond acceptors (Lipinski definition) is 4. The van der Waals surface area contributed by atoms with E-state index in [0.717, 1.165) is 17.9 Å². The minimum Gasteiger partial charge on any atom is -0.274 e. The van der Waals surface area contributed by atoms with Crippen LogP contribution in [0, 0.1) is 5.92 Å². The number of nitrogens with zero attached hydrogens (tertiary/aromatic N) is 4. The number of carbonyl (C=O) groups is 1. The summed E-state index contributed by atoms with van der Waals surface area (Å²) >= 11 is 0. The van der Waals surface area contributed by atoms with Crippen molar-refractivity contribution in [2.45, 2.75) is 31.5 Å². The van der Waals surface area contributed by atoms with E-state index in [-0.39, 0.29) is 17.7 Å². The van der Waals surface area contributed by atoms with Gasteiger partial charge in [0.2, 0.25) is 5.82 Å². The number of aromatic nitrogens is 3. The molecule has 1 aromatic heterocycles. The fourth-order valence-corrected chi connectivity index (χ4v) is 2.40. The minimum absolute atomic E-state index is 0.00218. The Kier molecular flexibility index (Phi) is 2.58. The van der Waals surface area contributed by atoms with Crippen molar-refractivity contribution in [3.8, 4) is 0 Å². The number of rotatable bonds is 3. The first-order valence-electron chi connectivity index (χ1n) is 6.04. The molecular weight excluding hydrogens is 239 g/mol. The molecule has 98 valence electrons. The Morgan fingerprint density at radius 1 is 1.56 bits per heavy atom. The lowest BCUT2D eigenvalue weighted by atomic mass is 10.1. The van der Waals surface area contributed by atoms with Gasteiger partial charge in [0.25, 0.3) is 0 Å². The molecule has 1 amide bonds. The van der Waals surface area contributed by atoms with Crippen LogP contribution in [-0.4, -0.2) is 39.9 Å². The number of hydrogen-bond donors (Lipinski definition) is 0. The number of alkyl halides is 1. The first-order valence-corrected chi connectivity index (χ1v) is 6.04. The molecule has 2 heterocycles. The third-order valence-electron chi connectivity index (χ3n) is 3.62. The normalized spacial score (nSPS) is 26.2. The van der Waals surface area contributed by atoms with Crippen LogP contribution in [-0.2, 0) is 4.84 Å². The monoisotopic (exact) mass is 254 g/mol. The van der Waals surface area contributed by atoms with Crippen LogP contribution in [0.1, 0.15) is 47.9 Å². The van der Waals surface area contributed by atoms with E-state index < -0.39 is 12.1 Å². The summed E-state index contributed by atoms with van der Waals surface area (Å²) < 4.78 is 15.4. The molecule has 0 aromatic carbocycles. The summed E-state index contributed by atoms with van der Waals surface area (Å²) in [6.07, 6.45) is 1.54. The molecule has 1 fully saturated rings.